The molecule has 2 aromatic carbocycles. The van der Waals surface area contributed by atoms with Crippen LogP contribution in [-0.4, -0.2) is 44.0 Å². The SMILES string of the molecule is CCOc1cc(/C=C/C(=O)N(C)CC(=O)Nc2ccc(Cl)c(Cl)c2)ccc1OC. The fourth-order valence-corrected chi connectivity index (χ4v) is 2.73. The minimum Gasteiger partial charge on any atom is -0.493 e. The predicted molar refractivity (Wildman–Crippen MR) is 116 cm³/mol. The van der Waals surface area contributed by atoms with Crippen LogP contribution in [-0.2, 0) is 9.59 Å². The molecule has 6 nitrogen and oxygen atoms in total. The van der Waals surface area contributed by atoms with E-state index in [0.717, 1.165) is 5.56 Å². The lowest BCUT2D eigenvalue weighted by Gasteiger charge is -2.15. The molecule has 0 radical (unpaired) electrons. The molecule has 0 fully saturated rings. The normalized spacial score (nSPS) is 10.7. The molecule has 2 rings (SSSR count). The second kappa shape index (κ2) is 10.7. The van der Waals surface area contributed by atoms with Gasteiger partial charge in [-0.1, -0.05) is 29.3 Å². The van der Waals surface area contributed by atoms with Gasteiger partial charge in [-0.25, -0.2) is 0 Å². The van der Waals surface area contributed by atoms with Crippen LogP contribution >= 0.6 is 23.2 Å². The molecule has 8 heteroatoms. The number of ether oxygens (including phenoxy) is 2. The maximum atomic E-state index is 12.3. The maximum Gasteiger partial charge on any atom is 0.246 e. The van der Waals surface area contributed by atoms with Crippen LogP contribution in [0.1, 0.15) is 12.5 Å². The van der Waals surface area contributed by atoms with Gasteiger partial charge in [0.15, 0.2) is 11.5 Å². The van der Waals surface area contributed by atoms with E-state index in [-0.39, 0.29) is 18.4 Å². The number of anilines is 1. The molecular formula is C21H22Cl2N2O4. The van der Waals surface area contributed by atoms with Crippen LogP contribution in [0.5, 0.6) is 11.5 Å². The molecule has 0 aromatic heterocycles. The molecule has 0 aliphatic carbocycles. The summed E-state index contributed by atoms with van der Waals surface area (Å²) in [5, 5.41) is 3.41. The number of nitrogens with one attached hydrogen (secondary N) is 1. The van der Waals surface area contributed by atoms with Gasteiger partial charge in [-0.15, -0.1) is 0 Å². The number of hydrogen-bond acceptors (Lipinski definition) is 4. The van der Waals surface area contributed by atoms with Crippen molar-refractivity contribution in [3.63, 3.8) is 0 Å². The Kier molecular flexibility index (Phi) is 8.36. The van der Waals surface area contributed by atoms with E-state index in [1.807, 2.05) is 13.0 Å². The zero-order valence-electron chi connectivity index (χ0n) is 16.4. The molecule has 0 spiro atoms. The lowest BCUT2D eigenvalue weighted by molar-refractivity contribution is -0.129. The van der Waals surface area contributed by atoms with Crippen molar-refractivity contribution in [1.82, 2.24) is 4.90 Å². The van der Waals surface area contributed by atoms with Crippen molar-refractivity contribution in [3.8, 4) is 11.5 Å². The highest BCUT2D eigenvalue weighted by Crippen LogP contribution is 2.28. The molecule has 0 saturated carbocycles. The number of nitrogens with zero attached hydrogens (tertiary/aromatic N) is 1. The van der Waals surface area contributed by atoms with Crippen molar-refractivity contribution in [3.05, 3.63) is 58.1 Å². The number of hydrogen-bond donors (Lipinski definition) is 1. The van der Waals surface area contributed by atoms with E-state index in [2.05, 4.69) is 5.32 Å². The monoisotopic (exact) mass is 436 g/mol. The van der Waals surface area contributed by atoms with Crippen molar-refractivity contribution < 1.29 is 19.1 Å². The number of likely N-dealkylation sites (N-methyl/N-ethyl adjacent to an activating group) is 1. The molecule has 0 saturated heterocycles. The molecule has 1 N–H and O–H groups in total. The summed E-state index contributed by atoms with van der Waals surface area (Å²) in [4.78, 5) is 25.8. The standard InChI is InChI=1S/C21H22Cl2N2O4/c1-4-29-19-11-14(5-9-18(19)28-3)6-10-21(27)25(2)13-20(26)24-15-7-8-16(22)17(23)12-15/h5-12H,4,13H2,1-3H3,(H,24,26)/b10-6+. The third-order valence-electron chi connectivity index (χ3n) is 3.87. The third kappa shape index (κ3) is 6.69. The largest absolute Gasteiger partial charge is 0.493 e. The summed E-state index contributed by atoms with van der Waals surface area (Å²) < 4.78 is 10.8. The van der Waals surface area contributed by atoms with Gasteiger partial charge in [0.05, 0.1) is 30.3 Å². The molecule has 2 aromatic rings. The number of carbonyl (C=O) groups is 2. The van der Waals surface area contributed by atoms with Crippen LogP contribution in [0.2, 0.25) is 10.0 Å². The van der Waals surface area contributed by atoms with Crippen molar-refractivity contribution >= 4 is 46.8 Å². The Morgan fingerprint density at radius 1 is 1.10 bits per heavy atom. The lowest BCUT2D eigenvalue weighted by atomic mass is 10.2. The number of halogens is 2. The number of rotatable bonds is 8. The fourth-order valence-electron chi connectivity index (χ4n) is 2.43. The lowest BCUT2D eigenvalue weighted by Crippen LogP contribution is -2.33. The van der Waals surface area contributed by atoms with Crippen LogP contribution in [0.3, 0.4) is 0 Å². The summed E-state index contributed by atoms with van der Waals surface area (Å²) in [6.45, 7) is 2.26. The van der Waals surface area contributed by atoms with Crippen molar-refractivity contribution in [2.24, 2.45) is 0 Å². The van der Waals surface area contributed by atoms with E-state index in [1.165, 1.54) is 11.0 Å². The van der Waals surface area contributed by atoms with Gasteiger partial charge >= 0.3 is 0 Å². The molecule has 0 aliphatic heterocycles. The Morgan fingerprint density at radius 2 is 1.86 bits per heavy atom. The molecule has 0 bridgehead atoms. The Labute approximate surface area is 180 Å². The molecule has 29 heavy (non-hydrogen) atoms. The average Bonchev–Trinajstić information content (AvgIpc) is 2.69. The van der Waals surface area contributed by atoms with Gasteiger partial charge in [0.1, 0.15) is 0 Å². The van der Waals surface area contributed by atoms with Crippen LogP contribution in [0.25, 0.3) is 6.08 Å². The second-order valence-electron chi connectivity index (χ2n) is 6.05. The molecule has 0 heterocycles. The van der Waals surface area contributed by atoms with Crippen LogP contribution in [0, 0.1) is 0 Å². The van der Waals surface area contributed by atoms with Crippen LogP contribution < -0.4 is 14.8 Å². The quantitative estimate of drug-likeness (QED) is 0.617. The van der Waals surface area contributed by atoms with E-state index >= 15 is 0 Å². The fraction of sp³-hybridized carbons (Fsp3) is 0.238. The molecule has 0 aliphatic rings. The highest BCUT2D eigenvalue weighted by atomic mass is 35.5. The zero-order chi connectivity index (χ0) is 21.4. The summed E-state index contributed by atoms with van der Waals surface area (Å²) in [5.41, 5.74) is 1.28. The topological polar surface area (TPSA) is 67.9 Å². The highest BCUT2D eigenvalue weighted by molar-refractivity contribution is 6.42. The van der Waals surface area contributed by atoms with Crippen molar-refractivity contribution in [2.45, 2.75) is 6.92 Å². The van der Waals surface area contributed by atoms with Crippen LogP contribution in [0.15, 0.2) is 42.5 Å². The Bertz CT molecular complexity index is 916. The number of benzene rings is 2. The number of carbonyl (C=O) groups excluding carboxylic acids is 2. The third-order valence-corrected chi connectivity index (χ3v) is 4.61. The first-order valence-electron chi connectivity index (χ1n) is 8.83. The minimum atomic E-state index is -0.351. The first-order valence-corrected chi connectivity index (χ1v) is 9.58. The second-order valence-corrected chi connectivity index (χ2v) is 6.86. The van der Waals surface area contributed by atoms with E-state index in [4.69, 9.17) is 32.7 Å². The van der Waals surface area contributed by atoms with E-state index in [1.54, 1.807) is 50.6 Å². The van der Waals surface area contributed by atoms with E-state index < -0.39 is 0 Å². The van der Waals surface area contributed by atoms with E-state index in [9.17, 15) is 9.59 Å². The average molecular weight is 437 g/mol. The zero-order valence-corrected chi connectivity index (χ0v) is 17.9. The molecular weight excluding hydrogens is 415 g/mol. The van der Waals surface area contributed by atoms with Gasteiger partial charge in [0.2, 0.25) is 11.8 Å². The van der Waals surface area contributed by atoms with Crippen molar-refractivity contribution in [2.75, 3.05) is 32.6 Å². The number of methoxy groups -OCH3 is 1. The van der Waals surface area contributed by atoms with E-state index in [0.29, 0.717) is 33.8 Å². The maximum absolute atomic E-state index is 12.3. The Balaban J connectivity index is 1.96. The summed E-state index contributed by atoms with van der Waals surface area (Å²) in [7, 11) is 3.11. The van der Waals surface area contributed by atoms with Gasteiger partial charge in [-0.2, -0.15) is 0 Å². The summed E-state index contributed by atoms with van der Waals surface area (Å²) in [6, 6.07) is 10.1. The smallest absolute Gasteiger partial charge is 0.246 e. The molecule has 154 valence electrons. The van der Waals surface area contributed by atoms with Gasteiger partial charge in [-0.3, -0.25) is 9.59 Å². The van der Waals surface area contributed by atoms with Gasteiger partial charge < -0.3 is 19.7 Å². The Morgan fingerprint density at radius 3 is 2.52 bits per heavy atom. The minimum absolute atomic E-state index is 0.115. The number of amides is 2. The molecule has 0 unspecified atom stereocenters. The van der Waals surface area contributed by atoms with Gasteiger partial charge in [-0.05, 0) is 48.9 Å². The first-order chi connectivity index (χ1) is 13.8. The highest BCUT2D eigenvalue weighted by Gasteiger charge is 2.12. The first kappa shape index (κ1) is 22.6. The summed E-state index contributed by atoms with van der Waals surface area (Å²) in [6.07, 6.45) is 3.04. The molecule has 0 atom stereocenters. The van der Waals surface area contributed by atoms with Crippen LogP contribution in [0.4, 0.5) is 5.69 Å². The van der Waals surface area contributed by atoms with Gasteiger partial charge in [0, 0.05) is 18.8 Å². The Hall–Kier alpha value is -2.70. The summed E-state index contributed by atoms with van der Waals surface area (Å²) in [5.74, 6) is 0.546. The summed E-state index contributed by atoms with van der Waals surface area (Å²) >= 11 is 11.8. The molecule has 2 amide bonds. The predicted octanol–water partition coefficient (Wildman–Crippen LogP) is 4.51. The van der Waals surface area contributed by atoms with Gasteiger partial charge in [0.25, 0.3) is 0 Å². The van der Waals surface area contributed by atoms with Crippen molar-refractivity contribution in [1.29, 1.82) is 0 Å².